The Morgan fingerprint density at radius 1 is 1.39 bits per heavy atom. The molecule has 0 fully saturated rings. The van der Waals surface area contributed by atoms with Crippen molar-refractivity contribution in [2.75, 3.05) is 11.9 Å². The molecule has 3 amide bonds. The third-order valence-electron chi connectivity index (χ3n) is 4.27. The number of nitrogens with zero attached hydrogens (tertiary/aromatic N) is 2. The Morgan fingerprint density at radius 2 is 2.07 bits per heavy atom. The molecule has 1 aliphatic rings. The molecule has 6 N–H and O–H groups in total. The molecule has 1 aliphatic heterocycles. The highest BCUT2D eigenvalue weighted by atomic mass is 32.2. The van der Waals surface area contributed by atoms with Crippen molar-refractivity contribution < 1.29 is 22.4 Å². The van der Waals surface area contributed by atoms with Crippen LogP contribution < -0.4 is 22.1 Å². The largest absolute Gasteiger partial charge is 0.351 e. The van der Waals surface area contributed by atoms with Crippen LogP contribution in [0.4, 0.5) is 14.9 Å². The molecule has 0 saturated carbocycles. The fourth-order valence-corrected chi connectivity index (χ4v) is 4.05. The van der Waals surface area contributed by atoms with Gasteiger partial charge in [0.2, 0.25) is 5.91 Å². The van der Waals surface area contributed by atoms with Crippen LogP contribution in [-0.2, 0) is 14.8 Å². The predicted molar refractivity (Wildman–Crippen MR) is 97.7 cm³/mol. The number of anilines is 1. The lowest BCUT2D eigenvalue weighted by molar-refractivity contribution is -0.121. The molecule has 28 heavy (non-hydrogen) atoms. The Hall–Kier alpha value is -2.75. The highest BCUT2D eigenvalue weighted by Crippen LogP contribution is 2.30. The van der Waals surface area contributed by atoms with E-state index in [1.165, 1.54) is 0 Å². The number of carbonyl (C=O) groups excluding carboxylic acids is 2. The van der Waals surface area contributed by atoms with Crippen LogP contribution in [0.1, 0.15) is 19.8 Å². The number of nitriles is 1. The fourth-order valence-electron chi connectivity index (χ4n) is 2.60. The van der Waals surface area contributed by atoms with E-state index in [1.54, 1.807) is 6.92 Å². The Labute approximate surface area is 161 Å². The summed E-state index contributed by atoms with van der Waals surface area (Å²) >= 11 is 0. The third kappa shape index (κ3) is 4.75. The van der Waals surface area contributed by atoms with Crippen LogP contribution in [0.5, 0.6) is 0 Å². The van der Waals surface area contributed by atoms with Gasteiger partial charge in [0.15, 0.2) is 0 Å². The van der Waals surface area contributed by atoms with E-state index in [4.69, 9.17) is 16.7 Å². The first-order chi connectivity index (χ1) is 13.1. The normalized spacial score (nSPS) is 18.2. The predicted octanol–water partition coefficient (Wildman–Crippen LogP) is -0.175. The van der Waals surface area contributed by atoms with Crippen molar-refractivity contribution in [3.05, 3.63) is 24.0 Å². The Bertz CT molecular complexity index is 916. The third-order valence-corrected chi connectivity index (χ3v) is 6.04. The summed E-state index contributed by atoms with van der Waals surface area (Å²) in [5, 5.41) is 13.5. The SMILES string of the molecule is C[C@@H](NC(=O)CN1C(=O)Nc2ccc(F)cc2S1(=O)=O)C(N)CCC(N)C#N. The second-order valence-corrected chi connectivity index (χ2v) is 8.25. The molecule has 0 saturated heterocycles. The summed E-state index contributed by atoms with van der Waals surface area (Å²) in [7, 11) is -4.39. The van der Waals surface area contributed by atoms with Crippen LogP contribution >= 0.6 is 0 Å². The maximum Gasteiger partial charge on any atom is 0.336 e. The molecule has 0 radical (unpaired) electrons. The highest BCUT2D eigenvalue weighted by molar-refractivity contribution is 7.90. The van der Waals surface area contributed by atoms with Crippen molar-refractivity contribution >= 4 is 27.6 Å². The number of carbonyl (C=O) groups is 2. The number of nitrogens with one attached hydrogen (secondary N) is 2. The first-order valence-corrected chi connectivity index (χ1v) is 9.83. The first-order valence-electron chi connectivity index (χ1n) is 8.39. The minimum Gasteiger partial charge on any atom is -0.351 e. The van der Waals surface area contributed by atoms with Crippen LogP contribution in [-0.4, -0.2) is 49.3 Å². The zero-order chi connectivity index (χ0) is 21.1. The molecule has 12 heteroatoms. The van der Waals surface area contributed by atoms with E-state index in [0.29, 0.717) is 17.1 Å². The van der Waals surface area contributed by atoms with Crippen molar-refractivity contribution in [2.24, 2.45) is 11.5 Å². The molecule has 2 unspecified atom stereocenters. The lowest BCUT2D eigenvalue weighted by Crippen LogP contribution is -2.52. The average Bonchev–Trinajstić information content (AvgIpc) is 2.63. The second kappa shape index (κ2) is 8.51. The second-order valence-electron chi connectivity index (χ2n) is 6.42. The quantitative estimate of drug-likeness (QED) is 0.481. The molecule has 0 aliphatic carbocycles. The minimum atomic E-state index is -4.39. The number of fused-ring (bicyclic) bond motifs is 1. The molecule has 2 rings (SSSR count). The van der Waals surface area contributed by atoms with Crippen molar-refractivity contribution in [2.45, 2.75) is 42.8 Å². The number of hydrogen-bond donors (Lipinski definition) is 4. The van der Waals surface area contributed by atoms with E-state index in [2.05, 4.69) is 10.6 Å². The zero-order valence-electron chi connectivity index (χ0n) is 15.1. The summed E-state index contributed by atoms with van der Waals surface area (Å²) in [6.07, 6.45) is 0.703. The van der Waals surface area contributed by atoms with Gasteiger partial charge >= 0.3 is 6.03 Å². The molecule has 1 heterocycles. The number of benzene rings is 1. The summed E-state index contributed by atoms with van der Waals surface area (Å²) in [5.41, 5.74) is 11.4. The van der Waals surface area contributed by atoms with Gasteiger partial charge in [-0.05, 0) is 38.0 Å². The Balaban J connectivity index is 2.05. The summed E-state index contributed by atoms with van der Waals surface area (Å²) in [6.45, 7) is 0.814. The zero-order valence-corrected chi connectivity index (χ0v) is 15.9. The number of urea groups is 1. The van der Waals surface area contributed by atoms with E-state index in [1.807, 2.05) is 6.07 Å². The number of rotatable bonds is 7. The highest BCUT2D eigenvalue weighted by Gasteiger charge is 2.38. The van der Waals surface area contributed by atoms with Crippen LogP contribution in [0.2, 0.25) is 0 Å². The molecule has 0 spiro atoms. The molecule has 152 valence electrons. The van der Waals surface area contributed by atoms with E-state index >= 15 is 0 Å². The van der Waals surface area contributed by atoms with Crippen molar-refractivity contribution in [1.29, 1.82) is 5.26 Å². The van der Waals surface area contributed by atoms with E-state index < -0.39 is 57.3 Å². The van der Waals surface area contributed by atoms with Crippen LogP contribution in [0.15, 0.2) is 23.1 Å². The van der Waals surface area contributed by atoms with Gasteiger partial charge in [-0.1, -0.05) is 0 Å². The maximum atomic E-state index is 13.4. The van der Waals surface area contributed by atoms with Gasteiger partial charge in [-0.2, -0.15) is 5.26 Å². The van der Waals surface area contributed by atoms with Crippen molar-refractivity contribution in [3.63, 3.8) is 0 Å². The van der Waals surface area contributed by atoms with Gasteiger partial charge in [-0.25, -0.2) is 21.9 Å². The summed E-state index contributed by atoms with van der Waals surface area (Å²) in [4.78, 5) is 23.9. The number of halogens is 1. The van der Waals surface area contributed by atoms with Crippen molar-refractivity contribution in [3.8, 4) is 6.07 Å². The van der Waals surface area contributed by atoms with Crippen molar-refractivity contribution in [1.82, 2.24) is 9.62 Å². The van der Waals surface area contributed by atoms with Gasteiger partial charge in [0, 0.05) is 12.1 Å². The Morgan fingerprint density at radius 3 is 2.71 bits per heavy atom. The average molecular weight is 412 g/mol. The maximum absolute atomic E-state index is 13.4. The topological polar surface area (TPSA) is 171 Å². The van der Waals surface area contributed by atoms with Crippen LogP contribution in [0.3, 0.4) is 0 Å². The van der Waals surface area contributed by atoms with Gasteiger partial charge in [-0.15, -0.1) is 0 Å². The van der Waals surface area contributed by atoms with Gasteiger partial charge in [0.1, 0.15) is 17.3 Å². The summed E-state index contributed by atoms with van der Waals surface area (Å²) < 4.78 is 38.9. The van der Waals surface area contributed by atoms with Gasteiger partial charge in [-0.3, -0.25) is 4.79 Å². The molecule has 0 aromatic heterocycles. The number of nitrogens with two attached hydrogens (primary N) is 2. The van der Waals surface area contributed by atoms with Crippen LogP contribution in [0, 0.1) is 17.1 Å². The molecule has 3 atom stereocenters. The van der Waals surface area contributed by atoms with E-state index in [0.717, 1.165) is 18.2 Å². The lowest BCUT2D eigenvalue weighted by Gasteiger charge is -2.29. The van der Waals surface area contributed by atoms with Crippen LogP contribution in [0.25, 0.3) is 0 Å². The Kier molecular flexibility index (Phi) is 6.55. The minimum absolute atomic E-state index is 0.0627. The molecule has 1 aromatic carbocycles. The molecular weight excluding hydrogens is 391 g/mol. The lowest BCUT2D eigenvalue weighted by atomic mass is 10.0. The first kappa shape index (κ1) is 21.5. The summed E-state index contributed by atoms with van der Waals surface area (Å²) in [6, 6.07) is 2.01. The number of hydrogen-bond acceptors (Lipinski definition) is 7. The molecule has 0 bridgehead atoms. The van der Waals surface area contributed by atoms with Gasteiger partial charge in [0.05, 0.1) is 17.8 Å². The monoisotopic (exact) mass is 412 g/mol. The number of amides is 3. The molecule has 1 aromatic rings. The standard InChI is InChI=1S/C16H21FN6O4S/c1-9(12(20)4-3-11(19)7-18)21-15(24)8-23-16(25)22-13-5-2-10(17)6-14(13)28(23,26)27/h2,5-6,9,11-12H,3-4,8,19-20H2,1H3,(H,21,24)(H,22,25)/t9-,11?,12?/m1/s1. The fraction of sp³-hybridized carbons (Fsp3) is 0.438. The summed E-state index contributed by atoms with van der Waals surface area (Å²) in [5.74, 6) is -1.55. The van der Waals surface area contributed by atoms with Gasteiger partial charge in [0.25, 0.3) is 10.0 Å². The smallest absolute Gasteiger partial charge is 0.336 e. The number of sulfonamides is 1. The van der Waals surface area contributed by atoms with Gasteiger partial charge < -0.3 is 22.1 Å². The molecule has 10 nitrogen and oxygen atoms in total. The molecular formula is C16H21FN6O4S. The van der Waals surface area contributed by atoms with E-state index in [-0.39, 0.29) is 5.69 Å². The van der Waals surface area contributed by atoms with E-state index in [9.17, 15) is 22.4 Å².